The van der Waals surface area contributed by atoms with Gasteiger partial charge in [-0.2, -0.15) is 0 Å². The fraction of sp³-hybridized carbons (Fsp3) is 0.450. The van der Waals surface area contributed by atoms with Crippen molar-refractivity contribution in [3.63, 3.8) is 0 Å². The van der Waals surface area contributed by atoms with Crippen LogP contribution in [0.25, 0.3) is 0 Å². The van der Waals surface area contributed by atoms with Gasteiger partial charge in [-0.1, -0.05) is 32.6 Å². The molecule has 3 amide bonds. The predicted octanol–water partition coefficient (Wildman–Crippen LogP) is 1.05. The Labute approximate surface area is 170 Å². The number of ether oxygens (including phenoxy) is 1. The van der Waals surface area contributed by atoms with Crippen LogP contribution in [0.5, 0.6) is 0 Å². The number of amides is 3. The Kier molecular flexibility index (Phi) is 9.84. The number of alkyl carbamates (subject to hydrolysis) is 1. The molecule has 160 valence electrons. The van der Waals surface area contributed by atoms with Gasteiger partial charge in [-0.25, -0.2) is 4.79 Å². The molecule has 0 unspecified atom stereocenters. The van der Waals surface area contributed by atoms with Crippen LogP contribution in [0.2, 0.25) is 0 Å². The third kappa shape index (κ3) is 7.92. The number of hydrogen-bond donors (Lipinski definition) is 5. The number of aliphatic hydroxyl groups is 2. The fourth-order valence-corrected chi connectivity index (χ4v) is 2.47. The summed E-state index contributed by atoms with van der Waals surface area (Å²) in [5.41, 5.74) is 1.45. The lowest BCUT2D eigenvalue weighted by Crippen LogP contribution is -2.53. The first-order chi connectivity index (χ1) is 13.7. The largest absolute Gasteiger partial charge is 0.445 e. The van der Waals surface area contributed by atoms with Crippen molar-refractivity contribution in [1.82, 2.24) is 10.6 Å². The van der Waals surface area contributed by atoms with Crippen molar-refractivity contribution in [1.29, 1.82) is 0 Å². The summed E-state index contributed by atoms with van der Waals surface area (Å²) in [4.78, 5) is 36.7. The molecule has 1 aromatic rings. The Morgan fingerprint density at radius 3 is 2.10 bits per heavy atom. The minimum Gasteiger partial charge on any atom is -0.445 e. The van der Waals surface area contributed by atoms with Crippen LogP contribution in [0.1, 0.15) is 31.9 Å². The molecule has 0 heterocycles. The van der Waals surface area contributed by atoms with Crippen LogP contribution in [0, 0.1) is 5.92 Å². The summed E-state index contributed by atoms with van der Waals surface area (Å²) >= 11 is 0. The van der Waals surface area contributed by atoms with Crippen LogP contribution in [0.4, 0.5) is 10.5 Å². The highest BCUT2D eigenvalue weighted by molar-refractivity contribution is 5.98. The number of rotatable bonds is 10. The number of benzene rings is 1. The second-order valence-electron chi connectivity index (χ2n) is 6.83. The summed E-state index contributed by atoms with van der Waals surface area (Å²) in [5, 5.41) is 26.2. The summed E-state index contributed by atoms with van der Waals surface area (Å²) in [6, 6.07) is 2.97. The van der Waals surface area contributed by atoms with E-state index in [1.807, 2.05) is 0 Å². The van der Waals surface area contributed by atoms with Crippen molar-refractivity contribution in [2.75, 3.05) is 11.9 Å². The van der Waals surface area contributed by atoms with E-state index in [1.54, 1.807) is 32.0 Å². The standard InChI is InChI=1S/C20H29N3O6/c1-5-6-29-20(28)23-17(12(2)3)19(27)21-13(4)18(26)22-16-8-14(10-24)7-15(9-16)11-25/h5,7-9,12-13,17,24-25H,1,6,10-11H2,2-4H3,(H,21,27)(H,22,26)(H,23,28)/t13-,17-/m0/s1. The molecule has 1 rings (SSSR count). The molecule has 0 aliphatic carbocycles. The highest BCUT2D eigenvalue weighted by Gasteiger charge is 2.27. The first kappa shape index (κ1) is 24.1. The number of anilines is 1. The molecule has 29 heavy (non-hydrogen) atoms. The van der Waals surface area contributed by atoms with Gasteiger partial charge in [0.05, 0.1) is 13.2 Å². The van der Waals surface area contributed by atoms with Crippen molar-refractivity contribution in [2.24, 2.45) is 5.92 Å². The van der Waals surface area contributed by atoms with Crippen LogP contribution in [-0.2, 0) is 27.5 Å². The van der Waals surface area contributed by atoms with E-state index in [1.165, 1.54) is 13.0 Å². The number of hydrogen-bond acceptors (Lipinski definition) is 6. The fourth-order valence-electron chi connectivity index (χ4n) is 2.47. The Bertz CT molecular complexity index is 713. The molecule has 0 fully saturated rings. The van der Waals surface area contributed by atoms with E-state index in [0.29, 0.717) is 16.8 Å². The van der Waals surface area contributed by atoms with Crippen LogP contribution >= 0.6 is 0 Å². The van der Waals surface area contributed by atoms with E-state index in [4.69, 9.17) is 4.74 Å². The SMILES string of the molecule is C=CCOC(=O)N[C@H](C(=O)N[C@@H](C)C(=O)Nc1cc(CO)cc(CO)c1)C(C)C. The molecular formula is C20H29N3O6. The van der Waals surface area contributed by atoms with E-state index < -0.39 is 30.0 Å². The minimum atomic E-state index is -0.898. The zero-order valence-electron chi connectivity index (χ0n) is 16.9. The Morgan fingerprint density at radius 1 is 1.03 bits per heavy atom. The van der Waals surface area contributed by atoms with Gasteiger partial charge in [0, 0.05) is 5.69 Å². The van der Waals surface area contributed by atoms with Crippen LogP contribution in [0.15, 0.2) is 30.9 Å². The number of aliphatic hydroxyl groups excluding tert-OH is 2. The Hall–Kier alpha value is -2.91. The molecular weight excluding hydrogens is 378 g/mol. The van der Waals surface area contributed by atoms with Crippen molar-refractivity contribution in [2.45, 2.75) is 46.1 Å². The van der Waals surface area contributed by atoms with Gasteiger partial charge in [-0.05, 0) is 36.1 Å². The maximum absolute atomic E-state index is 12.5. The predicted molar refractivity (Wildman–Crippen MR) is 108 cm³/mol. The van der Waals surface area contributed by atoms with Gasteiger partial charge in [0.25, 0.3) is 0 Å². The number of carbonyl (C=O) groups excluding carboxylic acids is 3. The Morgan fingerprint density at radius 2 is 1.62 bits per heavy atom. The lowest BCUT2D eigenvalue weighted by Gasteiger charge is -2.23. The maximum atomic E-state index is 12.5. The van der Waals surface area contributed by atoms with Gasteiger partial charge in [0.2, 0.25) is 11.8 Å². The van der Waals surface area contributed by atoms with Gasteiger partial charge in [-0.3, -0.25) is 9.59 Å². The highest BCUT2D eigenvalue weighted by atomic mass is 16.5. The third-order valence-electron chi connectivity index (χ3n) is 3.99. The van der Waals surface area contributed by atoms with E-state index in [-0.39, 0.29) is 25.7 Å². The summed E-state index contributed by atoms with van der Waals surface area (Å²) in [6.45, 7) is 7.97. The van der Waals surface area contributed by atoms with Gasteiger partial charge in [0.1, 0.15) is 18.7 Å². The molecule has 9 heteroatoms. The minimum absolute atomic E-state index is 0.0137. The number of carbonyl (C=O) groups is 3. The average molecular weight is 407 g/mol. The van der Waals surface area contributed by atoms with Crippen LogP contribution in [0.3, 0.4) is 0 Å². The number of nitrogens with one attached hydrogen (secondary N) is 3. The summed E-state index contributed by atoms with van der Waals surface area (Å²) in [5.74, 6) is -1.26. The molecule has 0 aliphatic heterocycles. The maximum Gasteiger partial charge on any atom is 0.408 e. The summed E-state index contributed by atoms with van der Waals surface area (Å²) in [6.07, 6.45) is 0.651. The first-order valence-corrected chi connectivity index (χ1v) is 9.21. The van der Waals surface area contributed by atoms with E-state index in [0.717, 1.165) is 0 Å². The molecule has 0 saturated heterocycles. The van der Waals surface area contributed by atoms with Gasteiger partial charge in [0.15, 0.2) is 0 Å². The molecule has 0 bridgehead atoms. The highest BCUT2D eigenvalue weighted by Crippen LogP contribution is 2.16. The first-order valence-electron chi connectivity index (χ1n) is 9.21. The third-order valence-corrected chi connectivity index (χ3v) is 3.99. The van der Waals surface area contributed by atoms with Crippen LogP contribution < -0.4 is 16.0 Å². The van der Waals surface area contributed by atoms with Crippen LogP contribution in [-0.4, -0.2) is 46.8 Å². The molecule has 1 aromatic carbocycles. The second-order valence-corrected chi connectivity index (χ2v) is 6.83. The second kappa shape index (κ2) is 11.8. The normalized spacial score (nSPS) is 12.6. The molecule has 0 saturated carbocycles. The quantitative estimate of drug-likeness (QED) is 0.368. The van der Waals surface area contributed by atoms with E-state index >= 15 is 0 Å². The van der Waals surface area contributed by atoms with Gasteiger partial charge < -0.3 is 30.9 Å². The molecule has 0 radical (unpaired) electrons. The molecule has 9 nitrogen and oxygen atoms in total. The van der Waals surface area contributed by atoms with Crippen molar-refractivity contribution in [3.05, 3.63) is 42.0 Å². The van der Waals surface area contributed by atoms with Gasteiger partial charge >= 0.3 is 6.09 Å². The van der Waals surface area contributed by atoms with Crippen molar-refractivity contribution >= 4 is 23.6 Å². The van der Waals surface area contributed by atoms with Crippen molar-refractivity contribution < 1.29 is 29.3 Å². The zero-order chi connectivity index (χ0) is 22.0. The lowest BCUT2D eigenvalue weighted by atomic mass is 10.0. The van der Waals surface area contributed by atoms with E-state index in [9.17, 15) is 24.6 Å². The van der Waals surface area contributed by atoms with Gasteiger partial charge in [-0.15, -0.1) is 0 Å². The molecule has 0 spiro atoms. The lowest BCUT2D eigenvalue weighted by molar-refractivity contribution is -0.128. The average Bonchev–Trinajstić information content (AvgIpc) is 2.69. The Balaban J connectivity index is 2.75. The summed E-state index contributed by atoms with van der Waals surface area (Å²) < 4.78 is 4.83. The molecule has 0 aromatic heterocycles. The smallest absolute Gasteiger partial charge is 0.408 e. The van der Waals surface area contributed by atoms with Crippen molar-refractivity contribution in [3.8, 4) is 0 Å². The molecule has 2 atom stereocenters. The zero-order valence-corrected chi connectivity index (χ0v) is 16.9. The topological polar surface area (TPSA) is 137 Å². The molecule has 5 N–H and O–H groups in total. The van der Waals surface area contributed by atoms with E-state index in [2.05, 4.69) is 22.5 Å². The monoisotopic (exact) mass is 407 g/mol. The summed E-state index contributed by atoms with van der Waals surface area (Å²) in [7, 11) is 0. The molecule has 0 aliphatic rings.